The SMILES string of the molecule is C=CCC1c2ccccc2C=C(C)N1C(=O)Oc1ccccc1. The number of ether oxygens (including phenoxy) is 1. The normalized spacial score (nSPS) is 16.3. The zero-order chi connectivity index (χ0) is 16.2. The Morgan fingerprint density at radius 2 is 1.87 bits per heavy atom. The highest BCUT2D eigenvalue weighted by Gasteiger charge is 2.31. The fourth-order valence-corrected chi connectivity index (χ4v) is 2.93. The number of carbonyl (C=O) groups excluding carboxylic acids is 1. The quantitative estimate of drug-likeness (QED) is 0.731. The molecule has 1 aliphatic heterocycles. The second kappa shape index (κ2) is 6.53. The van der Waals surface area contributed by atoms with E-state index in [0.717, 1.165) is 16.8 Å². The lowest BCUT2D eigenvalue weighted by molar-refractivity contribution is 0.148. The molecule has 0 saturated carbocycles. The molecule has 1 amide bonds. The molecule has 2 aromatic carbocycles. The summed E-state index contributed by atoms with van der Waals surface area (Å²) < 4.78 is 5.53. The smallest absolute Gasteiger partial charge is 0.410 e. The van der Waals surface area contributed by atoms with Crippen molar-refractivity contribution in [3.05, 3.63) is 84.1 Å². The van der Waals surface area contributed by atoms with Crippen molar-refractivity contribution in [2.45, 2.75) is 19.4 Å². The van der Waals surface area contributed by atoms with Crippen molar-refractivity contribution in [2.75, 3.05) is 0 Å². The summed E-state index contributed by atoms with van der Waals surface area (Å²) in [6.07, 6.45) is 4.15. The summed E-state index contributed by atoms with van der Waals surface area (Å²) >= 11 is 0. The van der Waals surface area contributed by atoms with Crippen molar-refractivity contribution < 1.29 is 9.53 Å². The van der Waals surface area contributed by atoms with E-state index < -0.39 is 0 Å². The van der Waals surface area contributed by atoms with Crippen molar-refractivity contribution in [1.82, 2.24) is 4.90 Å². The molecule has 3 rings (SSSR count). The van der Waals surface area contributed by atoms with E-state index >= 15 is 0 Å². The third-order valence-corrected chi connectivity index (χ3v) is 3.95. The fourth-order valence-electron chi connectivity index (χ4n) is 2.93. The average Bonchev–Trinajstić information content (AvgIpc) is 2.56. The first-order valence-corrected chi connectivity index (χ1v) is 7.65. The van der Waals surface area contributed by atoms with E-state index in [4.69, 9.17) is 4.74 Å². The molecule has 1 heterocycles. The summed E-state index contributed by atoms with van der Waals surface area (Å²) in [5.41, 5.74) is 3.13. The van der Waals surface area contributed by atoms with Gasteiger partial charge in [-0.25, -0.2) is 4.79 Å². The first kappa shape index (κ1) is 15.1. The number of nitrogens with zero attached hydrogens (tertiary/aromatic N) is 1. The molecule has 23 heavy (non-hydrogen) atoms. The average molecular weight is 305 g/mol. The summed E-state index contributed by atoms with van der Waals surface area (Å²) in [5.74, 6) is 0.543. The topological polar surface area (TPSA) is 29.5 Å². The maximum atomic E-state index is 12.7. The number of hydrogen-bond donors (Lipinski definition) is 0. The molecule has 0 radical (unpaired) electrons. The Balaban J connectivity index is 1.94. The van der Waals surface area contributed by atoms with Crippen LogP contribution in [0.4, 0.5) is 4.79 Å². The minimum absolute atomic E-state index is 0.0927. The molecule has 0 N–H and O–H groups in total. The van der Waals surface area contributed by atoms with E-state index in [1.54, 1.807) is 17.0 Å². The first-order chi connectivity index (χ1) is 11.2. The van der Waals surface area contributed by atoms with Gasteiger partial charge >= 0.3 is 6.09 Å². The minimum atomic E-state index is -0.369. The van der Waals surface area contributed by atoms with E-state index in [2.05, 4.69) is 18.7 Å². The Morgan fingerprint density at radius 3 is 2.61 bits per heavy atom. The van der Waals surface area contributed by atoms with Crippen molar-refractivity contribution >= 4 is 12.2 Å². The zero-order valence-electron chi connectivity index (χ0n) is 13.1. The number of carbonyl (C=O) groups is 1. The highest BCUT2D eigenvalue weighted by Crippen LogP contribution is 2.36. The van der Waals surface area contributed by atoms with Crippen LogP contribution in [-0.2, 0) is 0 Å². The van der Waals surface area contributed by atoms with Gasteiger partial charge in [0.2, 0.25) is 0 Å². The Hall–Kier alpha value is -2.81. The van der Waals surface area contributed by atoms with Crippen LogP contribution in [0.3, 0.4) is 0 Å². The lowest BCUT2D eigenvalue weighted by Gasteiger charge is -2.35. The third kappa shape index (κ3) is 3.04. The maximum Gasteiger partial charge on any atom is 0.420 e. The van der Waals surface area contributed by atoms with Crippen molar-refractivity contribution in [2.24, 2.45) is 0 Å². The minimum Gasteiger partial charge on any atom is -0.410 e. The second-order valence-electron chi connectivity index (χ2n) is 5.51. The number of benzene rings is 2. The lowest BCUT2D eigenvalue weighted by Crippen LogP contribution is -2.37. The van der Waals surface area contributed by atoms with Gasteiger partial charge in [-0.05, 0) is 42.7 Å². The van der Waals surface area contributed by atoms with Crippen LogP contribution in [0.1, 0.15) is 30.5 Å². The number of rotatable bonds is 3. The van der Waals surface area contributed by atoms with Crippen LogP contribution in [0, 0.1) is 0 Å². The van der Waals surface area contributed by atoms with Crippen LogP contribution in [0.25, 0.3) is 6.08 Å². The molecule has 0 saturated heterocycles. The highest BCUT2D eigenvalue weighted by atomic mass is 16.6. The van der Waals surface area contributed by atoms with Crippen LogP contribution in [0.2, 0.25) is 0 Å². The standard InChI is InChI=1S/C20H19NO2/c1-3-9-19-18-13-8-7-10-16(18)14-15(2)21(19)20(22)23-17-11-5-4-6-12-17/h3-8,10-14,19H,1,9H2,2H3. The van der Waals surface area contributed by atoms with Gasteiger partial charge in [-0.15, -0.1) is 6.58 Å². The summed E-state index contributed by atoms with van der Waals surface area (Å²) in [6, 6.07) is 17.1. The molecule has 1 unspecified atom stereocenters. The largest absolute Gasteiger partial charge is 0.420 e. The number of fused-ring (bicyclic) bond motifs is 1. The molecule has 0 spiro atoms. The van der Waals surface area contributed by atoms with Crippen LogP contribution in [0.5, 0.6) is 5.75 Å². The molecule has 1 aliphatic rings. The molecule has 3 nitrogen and oxygen atoms in total. The highest BCUT2D eigenvalue weighted by molar-refractivity contribution is 5.77. The molecule has 0 aromatic heterocycles. The van der Waals surface area contributed by atoms with E-state index in [0.29, 0.717) is 12.2 Å². The summed E-state index contributed by atoms with van der Waals surface area (Å²) in [6.45, 7) is 5.76. The number of para-hydroxylation sites is 1. The van der Waals surface area contributed by atoms with Crippen LogP contribution in [0.15, 0.2) is 72.9 Å². The van der Waals surface area contributed by atoms with Gasteiger partial charge in [-0.3, -0.25) is 4.90 Å². The third-order valence-electron chi connectivity index (χ3n) is 3.95. The first-order valence-electron chi connectivity index (χ1n) is 7.65. The Labute approximate surface area is 136 Å². The molecule has 1 atom stereocenters. The van der Waals surface area contributed by atoms with E-state index in [9.17, 15) is 4.79 Å². The summed E-state index contributed by atoms with van der Waals surface area (Å²) in [7, 11) is 0. The number of amides is 1. The van der Waals surface area contributed by atoms with Gasteiger partial charge in [-0.2, -0.15) is 0 Å². The van der Waals surface area contributed by atoms with Crippen LogP contribution >= 0.6 is 0 Å². The van der Waals surface area contributed by atoms with Crippen LogP contribution in [-0.4, -0.2) is 11.0 Å². The van der Waals surface area contributed by atoms with Gasteiger partial charge in [-0.1, -0.05) is 48.5 Å². The maximum absolute atomic E-state index is 12.7. The van der Waals surface area contributed by atoms with Gasteiger partial charge in [0.05, 0.1) is 6.04 Å². The van der Waals surface area contributed by atoms with E-state index in [-0.39, 0.29) is 12.1 Å². The second-order valence-corrected chi connectivity index (χ2v) is 5.51. The molecular formula is C20H19NO2. The number of allylic oxidation sites excluding steroid dienone is 1. The van der Waals surface area contributed by atoms with Crippen LogP contribution < -0.4 is 4.74 Å². The molecule has 0 aliphatic carbocycles. The lowest BCUT2D eigenvalue weighted by atomic mass is 9.92. The zero-order valence-corrected chi connectivity index (χ0v) is 13.1. The Bertz CT molecular complexity index is 749. The molecule has 0 fully saturated rings. The van der Waals surface area contributed by atoms with Gasteiger partial charge in [0.25, 0.3) is 0 Å². The summed E-state index contributed by atoms with van der Waals surface area (Å²) in [4.78, 5) is 14.4. The van der Waals surface area contributed by atoms with Gasteiger partial charge in [0, 0.05) is 5.70 Å². The van der Waals surface area contributed by atoms with Gasteiger partial charge < -0.3 is 4.74 Å². The molecule has 0 bridgehead atoms. The Morgan fingerprint density at radius 1 is 1.17 bits per heavy atom. The molecular weight excluding hydrogens is 286 g/mol. The fraction of sp³-hybridized carbons (Fsp3) is 0.150. The summed E-state index contributed by atoms with van der Waals surface area (Å²) in [5, 5.41) is 0. The predicted octanol–water partition coefficient (Wildman–Crippen LogP) is 5.18. The molecule has 2 aromatic rings. The monoisotopic (exact) mass is 305 g/mol. The van der Waals surface area contributed by atoms with Crippen molar-refractivity contribution in [3.63, 3.8) is 0 Å². The van der Waals surface area contributed by atoms with E-state index in [1.165, 1.54) is 0 Å². The molecule has 116 valence electrons. The molecule has 3 heteroatoms. The van der Waals surface area contributed by atoms with Crippen molar-refractivity contribution in [1.29, 1.82) is 0 Å². The van der Waals surface area contributed by atoms with E-state index in [1.807, 2.05) is 49.4 Å². The van der Waals surface area contributed by atoms with Crippen molar-refractivity contribution in [3.8, 4) is 5.75 Å². The predicted molar refractivity (Wildman–Crippen MR) is 92.0 cm³/mol. The van der Waals surface area contributed by atoms with Gasteiger partial charge in [0.15, 0.2) is 0 Å². The van der Waals surface area contributed by atoms with Gasteiger partial charge in [0.1, 0.15) is 5.75 Å². The number of hydrogen-bond acceptors (Lipinski definition) is 2. The Kier molecular flexibility index (Phi) is 4.29.